The fraction of sp³-hybridized carbons (Fsp3) is 0.286. The van der Waals surface area contributed by atoms with Crippen LogP contribution in [-0.4, -0.2) is 44.6 Å². The maximum Gasteiger partial charge on any atom is 0.132 e. The van der Waals surface area contributed by atoms with E-state index in [0.717, 1.165) is 59.0 Å². The molecular weight excluding hydrogens is 366 g/mol. The molecule has 0 saturated carbocycles. The summed E-state index contributed by atoms with van der Waals surface area (Å²) >= 11 is 0. The van der Waals surface area contributed by atoms with Crippen molar-refractivity contribution in [2.45, 2.75) is 6.42 Å². The number of nitrogens with two attached hydrogens (primary N) is 1. The van der Waals surface area contributed by atoms with Crippen LogP contribution in [0.15, 0.2) is 49.6 Å². The summed E-state index contributed by atoms with van der Waals surface area (Å²) in [7, 11) is 1.89. The number of nitrogens with one attached hydrogen (secondary N) is 1. The summed E-state index contributed by atoms with van der Waals surface area (Å²) in [4.78, 5) is 11.0. The Bertz CT molecular complexity index is 1030. The van der Waals surface area contributed by atoms with Gasteiger partial charge in [0.25, 0.3) is 0 Å². The van der Waals surface area contributed by atoms with Gasteiger partial charge in [0, 0.05) is 61.6 Å². The zero-order chi connectivity index (χ0) is 20.4. The van der Waals surface area contributed by atoms with Gasteiger partial charge in [0.05, 0.1) is 17.6 Å². The topological polar surface area (TPSA) is 105 Å². The lowest BCUT2D eigenvalue weighted by Crippen LogP contribution is -2.22. The van der Waals surface area contributed by atoms with Crippen LogP contribution in [-0.2, 0) is 7.05 Å². The van der Waals surface area contributed by atoms with E-state index in [2.05, 4.69) is 32.0 Å². The third-order valence-corrected chi connectivity index (χ3v) is 5.37. The van der Waals surface area contributed by atoms with Gasteiger partial charge in [-0.2, -0.15) is 5.10 Å². The van der Waals surface area contributed by atoms with E-state index >= 15 is 0 Å². The molecule has 1 aliphatic heterocycles. The molecule has 0 unspecified atom stereocenters. The number of hydrogen-bond acceptors (Lipinski definition) is 7. The number of nitrogen functional groups attached to an aromatic ring is 1. The van der Waals surface area contributed by atoms with Crippen LogP contribution in [0.5, 0.6) is 0 Å². The second-order valence-electron chi connectivity index (χ2n) is 7.33. The van der Waals surface area contributed by atoms with Crippen LogP contribution in [0, 0.1) is 5.92 Å². The number of hydrazine groups is 1. The average molecular weight is 391 g/mol. The lowest BCUT2D eigenvalue weighted by Gasteiger charge is -2.18. The molecule has 3 heterocycles. The Morgan fingerprint density at radius 1 is 1.31 bits per heavy atom. The fourth-order valence-electron chi connectivity index (χ4n) is 3.68. The molecule has 1 fully saturated rings. The average Bonchev–Trinajstić information content (AvgIpc) is 3.42. The lowest BCUT2D eigenvalue weighted by atomic mass is 9.97. The van der Waals surface area contributed by atoms with E-state index in [1.165, 1.54) is 0 Å². The molecule has 4 N–H and O–H groups in total. The molecule has 0 radical (unpaired) electrons. The highest BCUT2D eigenvalue weighted by atomic mass is 16.3. The molecule has 8 heteroatoms. The second-order valence-corrected chi connectivity index (χ2v) is 7.33. The molecule has 1 saturated heterocycles. The van der Waals surface area contributed by atoms with E-state index in [1.807, 2.05) is 43.7 Å². The Morgan fingerprint density at radius 3 is 2.86 bits per heavy atom. The van der Waals surface area contributed by atoms with Crippen molar-refractivity contribution in [3.63, 3.8) is 0 Å². The van der Waals surface area contributed by atoms with Crippen LogP contribution in [0.2, 0.25) is 0 Å². The van der Waals surface area contributed by atoms with Gasteiger partial charge in [0.2, 0.25) is 0 Å². The van der Waals surface area contributed by atoms with E-state index in [1.54, 1.807) is 11.0 Å². The highest BCUT2D eigenvalue weighted by molar-refractivity contribution is 5.86. The molecule has 1 atom stereocenters. The van der Waals surface area contributed by atoms with Crippen molar-refractivity contribution in [3.8, 4) is 11.1 Å². The number of benzene rings is 1. The number of aliphatic hydroxyl groups excluding tert-OH is 1. The fourth-order valence-corrected chi connectivity index (χ4v) is 3.68. The molecule has 1 aromatic carbocycles. The van der Waals surface area contributed by atoms with Gasteiger partial charge in [-0.05, 0) is 24.1 Å². The number of aromatic nitrogens is 4. The highest BCUT2D eigenvalue weighted by Gasteiger charge is 2.23. The summed E-state index contributed by atoms with van der Waals surface area (Å²) in [5, 5.41) is 13.7. The number of anilines is 2. The Morgan fingerprint density at radius 2 is 2.17 bits per heavy atom. The number of rotatable bonds is 6. The third kappa shape index (κ3) is 3.85. The molecule has 8 nitrogen and oxygen atoms in total. The predicted octanol–water partition coefficient (Wildman–Crippen LogP) is 2.04. The van der Waals surface area contributed by atoms with E-state index in [0.29, 0.717) is 5.92 Å². The maximum absolute atomic E-state index is 9.40. The predicted molar refractivity (Wildman–Crippen MR) is 114 cm³/mol. The van der Waals surface area contributed by atoms with E-state index in [9.17, 15) is 5.11 Å². The monoisotopic (exact) mass is 391 g/mol. The van der Waals surface area contributed by atoms with Crippen LogP contribution in [0.4, 0.5) is 11.5 Å². The van der Waals surface area contributed by atoms with Crippen molar-refractivity contribution in [2.75, 3.05) is 30.0 Å². The van der Waals surface area contributed by atoms with E-state index in [-0.39, 0.29) is 6.61 Å². The summed E-state index contributed by atoms with van der Waals surface area (Å²) in [6, 6.07) is 7.90. The smallest absolute Gasteiger partial charge is 0.132 e. The van der Waals surface area contributed by atoms with E-state index in [4.69, 9.17) is 5.84 Å². The Labute approximate surface area is 169 Å². The molecule has 0 amide bonds. The van der Waals surface area contributed by atoms with Crippen molar-refractivity contribution < 1.29 is 5.11 Å². The minimum atomic E-state index is 0.202. The molecule has 0 spiro atoms. The van der Waals surface area contributed by atoms with Gasteiger partial charge in [-0.25, -0.2) is 9.97 Å². The number of nitrogens with zero attached hydrogens (tertiary/aromatic N) is 5. The summed E-state index contributed by atoms with van der Waals surface area (Å²) in [6.07, 6.45) is 6.31. The zero-order valence-electron chi connectivity index (χ0n) is 16.4. The summed E-state index contributed by atoms with van der Waals surface area (Å²) in [6.45, 7) is 6.15. The first-order valence-electron chi connectivity index (χ1n) is 9.56. The molecule has 29 heavy (non-hydrogen) atoms. The van der Waals surface area contributed by atoms with Crippen LogP contribution < -0.4 is 16.2 Å². The first kappa shape index (κ1) is 19.1. The molecule has 150 valence electrons. The van der Waals surface area contributed by atoms with Gasteiger partial charge in [0.15, 0.2) is 0 Å². The minimum Gasteiger partial charge on any atom is -0.396 e. The first-order chi connectivity index (χ1) is 14.1. The third-order valence-electron chi connectivity index (χ3n) is 5.37. The number of aryl methyl sites for hydroxylation is 1. The molecule has 0 bridgehead atoms. The molecule has 3 aromatic rings. The van der Waals surface area contributed by atoms with Gasteiger partial charge in [-0.15, -0.1) is 0 Å². The van der Waals surface area contributed by atoms with Crippen molar-refractivity contribution in [1.29, 1.82) is 0 Å². The van der Waals surface area contributed by atoms with Crippen LogP contribution in [0.1, 0.15) is 17.7 Å². The normalized spacial score (nSPS) is 16.2. The summed E-state index contributed by atoms with van der Waals surface area (Å²) < 4.78 is 1.77. The van der Waals surface area contributed by atoms with Crippen molar-refractivity contribution >= 4 is 17.1 Å². The van der Waals surface area contributed by atoms with Crippen molar-refractivity contribution in [2.24, 2.45) is 18.8 Å². The van der Waals surface area contributed by atoms with Crippen LogP contribution in [0.25, 0.3) is 16.7 Å². The zero-order valence-corrected chi connectivity index (χ0v) is 16.4. The van der Waals surface area contributed by atoms with E-state index < -0.39 is 0 Å². The summed E-state index contributed by atoms with van der Waals surface area (Å²) in [5.74, 6) is 6.88. The van der Waals surface area contributed by atoms with Gasteiger partial charge >= 0.3 is 0 Å². The largest absolute Gasteiger partial charge is 0.396 e. The highest BCUT2D eigenvalue weighted by Crippen LogP contribution is 2.32. The Kier molecular flexibility index (Phi) is 5.28. The minimum absolute atomic E-state index is 0.202. The van der Waals surface area contributed by atoms with Crippen molar-refractivity contribution in [3.05, 3.63) is 60.8 Å². The van der Waals surface area contributed by atoms with Gasteiger partial charge in [0.1, 0.15) is 12.1 Å². The molecule has 4 rings (SSSR count). The van der Waals surface area contributed by atoms with Crippen molar-refractivity contribution in [1.82, 2.24) is 19.7 Å². The summed E-state index contributed by atoms with van der Waals surface area (Å²) in [5.41, 5.74) is 7.92. The molecule has 1 aliphatic rings. The molecule has 2 aromatic heterocycles. The number of hydrogen-bond donors (Lipinski definition) is 3. The second kappa shape index (κ2) is 8.02. The van der Waals surface area contributed by atoms with Gasteiger partial charge in [-0.1, -0.05) is 12.6 Å². The van der Waals surface area contributed by atoms with Gasteiger partial charge < -0.3 is 15.4 Å². The molecule has 0 aliphatic carbocycles. The lowest BCUT2D eigenvalue weighted by molar-refractivity contribution is 0.238. The van der Waals surface area contributed by atoms with Gasteiger partial charge in [-0.3, -0.25) is 10.5 Å². The first-order valence-corrected chi connectivity index (χ1v) is 9.56. The number of aliphatic hydroxyl groups is 1. The SMILES string of the molecule is C=C(c1cc(N2CC[C@@H](CO)C2)ncn1)c1cc(-c2cnn(C)c2)ccc1NN. The maximum atomic E-state index is 9.40. The Hall–Kier alpha value is -3.23. The molecular formula is C21H25N7O. The Balaban J connectivity index is 1.66. The quantitative estimate of drug-likeness (QED) is 0.436. The van der Waals surface area contributed by atoms with Crippen LogP contribution >= 0.6 is 0 Å². The van der Waals surface area contributed by atoms with Crippen LogP contribution in [0.3, 0.4) is 0 Å². The standard InChI is InChI=1S/C21H25N7O/c1-14(20-8-21(24-13-23-20)28-6-5-15(10-28)12-29)18-7-16(3-4-19(18)26-22)17-9-25-27(2)11-17/h3-4,7-9,11,13,15,26,29H,1,5-6,10,12,22H2,2H3/t15-/m1/s1.